The second-order valence-corrected chi connectivity index (χ2v) is 6.98. The van der Waals surface area contributed by atoms with Crippen molar-refractivity contribution in [2.24, 2.45) is 0 Å². The Morgan fingerprint density at radius 2 is 2.04 bits per heavy atom. The SMILES string of the molecule is COc1ccc(C2(C(=O)NCCc3nc(C)cs3)CC2)cc1OC. The predicted molar refractivity (Wildman–Crippen MR) is 94.0 cm³/mol. The third kappa shape index (κ3) is 3.24. The molecule has 1 heterocycles. The number of nitrogens with one attached hydrogen (secondary N) is 1. The second kappa shape index (κ2) is 6.81. The van der Waals surface area contributed by atoms with Crippen LogP contribution in [0.15, 0.2) is 23.6 Å². The molecule has 1 N–H and O–H groups in total. The van der Waals surface area contributed by atoms with Gasteiger partial charge in [-0.3, -0.25) is 4.79 Å². The van der Waals surface area contributed by atoms with Gasteiger partial charge < -0.3 is 14.8 Å². The van der Waals surface area contributed by atoms with Crippen LogP contribution in [0.1, 0.15) is 29.1 Å². The van der Waals surface area contributed by atoms with Crippen LogP contribution in [0.5, 0.6) is 11.5 Å². The Labute approximate surface area is 146 Å². The number of nitrogens with zero attached hydrogens (tertiary/aromatic N) is 1. The molecule has 1 amide bonds. The minimum atomic E-state index is -0.418. The number of benzene rings is 1. The summed E-state index contributed by atoms with van der Waals surface area (Å²) in [5, 5.41) is 6.15. The standard InChI is InChI=1S/C18H22N2O3S/c1-12-11-24-16(20-12)6-9-19-17(21)18(7-8-18)13-4-5-14(22-2)15(10-13)23-3/h4-5,10-11H,6-9H2,1-3H3,(H,19,21). The third-order valence-corrected chi connectivity index (χ3v) is 5.44. The van der Waals surface area contributed by atoms with E-state index in [1.165, 1.54) is 0 Å². The molecular weight excluding hydrogens is 324 g/mol. The van der Waals surface area contributed by atoms with Gasteiger partial charge in [-0.2, -0.15) is 0 Å². The number of amides is 1. The van der Waals surface area contributed by atoms with E-state index in [1.54, 1.807) is 25.6 Å². The number of aryl methyl sites for hydroxylation is 1. The average molecular weight is 346 g/mol. The minimum Gasteiger partial charge on any atom is -0.493 e. The highest BCUT2D eigenvalue weighted by molar-refractivity contribution is 7.09. The fourth-order valence-electron chi connectivity index (χ4n) is 2.88. The first-order valence-corrected chi connectivity index (χ1v) is 8.89. The summed E-state index contributed by atoms with van der Waals surface area (Å²) in [6.07, 6.45) is 2.50. The maximum absolute atomic E-state index is 12.7. The molecule has 0 spiro atoms. The van der Waals surface area contributed by atoms with Gasteiger partial charge in [-0.1, -0.05) is 6.07 Å². The van der Waals surface area contributed by atoms with Crippen molar-refractivity contribution in [2.75, 3.05) is 20.8 Å². The van der Waals surface area contributed by atoms with Gasteiger partial charge in [0.2, 0.25) is 5.91 Å². The zero-order valence-corrected chi connectivity index (χ0v) is 15.0. The van der Waals surface area contributed by atoms with Gasteiger partial charge in [-0.25, -0.2) is 4.98 Å². The topological polar surface area (TPSA) is 60.5 Å². The van der Waals surface area contributed by atoms with Gasteiger partial charge in [-0.05, 0) is 37.5 Å². The van der Waals surface area contributed by atoms with Gasteiger partial charge in [0.05, 0.1) is 24.6 Å². The van der Waals surface area contributed by atoms with Crippen LogP contribution in [0.4, 0.5) is 0 Å². The number of hydrogen-bond donors (Lipinski definition) is 1. The molecule has 0 bridgehead atoms. The number of carbonyl (C=O) groups is 1. The van der Waals surface area contributed by atoms with Crippen LogP contribution in [-0.4, -0.2) is 31.7 Å². The molecule has 0 radical (unpaired) electrons. The Balaban J connectivity index is 1.65. The van der Waals surface area contributed by atoms with Crippen molar-refractivity contribution >= 4 is 17.2 Å². The fourth-order valence-corrected chi connectivity index (χ4v) is 3.65. The molecule has 3 rings (SSSR count). The number of rotatable bonds is 7. The predicted octanol–water partition coefficient (Wildman–Crippen LogP) is 2.86. The quantitative estimate of drug-likeness (QED) is 0.837. The van der Waals surface area contributed by atoms with Crippen LogP contribution in [0, 0.1) is 6.92 Å². The summed E-state index contributed by atoms with van der Waals surface area (Å²) in [6, 6.07) is 5.73. The van der Waals surface area contributed by atoms with E-state index in [9.17, 15) is 4.79 Å². The van der Waals surface area contributed by atoms with Crippen molar-refractivity contribution in [3.05, 3.63) is 39.8 Å². The van der Waals surface area contributed by atoms with Gasteiger partial charge in [0.25, 0.3) is 0 Å². The highest BCUT2D eigenvalue weighted by Gasteiger charge is 2.51. The van der Waals surface area contributed by atoms with Crippen LogP contribution in [0.2, 0.25) is 0 Å². The van der Waals surface area contributed by atoms with Crippen LogP contribution in [-0.2, 0) is 16.6 Å². The van der Waals surface area contributed by atoms with E-state index in [2.05, 4.69) is 10.3 Å². The molecule has 6 heteroatoms. The summed E-state index contributed by atoms with van der Waals surface area (Å²) in [7, 11) is 3.22. The lowest BCUT2D eigenvalue weighted by atomic mass is 9.94. The Bertz CT molecular complexity index is 738. The molecule has 1 aliphatic rings. The first kappa shape index (κ1) is 16.8. The molecule has 0 saturated heterocycles. The molecule has 2 aromatic rings. The normalized spacial score (nSPS) is 15.0. The molecule has 1 saturated carbocycles. The Morgan fingerprint density at radius 1 is 1.29 bits per heavy atom. The van der Waals surface area contributed by atoms with Crippen LogP contribution < -0.4 is 14.8 Å². The van der Waals surface area contributed by atoms with Crippen molar-refractivity contribution < 1.29 is 14.3 Å². The number of hydrogen-bond acceptors (Lipinski definition) is 5. The van der Waals surface area contributed by atoms with Gasteiger partial charge in [0.1, 0.15) is 0 Å². The molecular formula is C18H22N2O3S. The largest absolute Gasteiger partial charge is 0.493 e. The first-order valence-electron chi connectivity index (χ1n) is 8.01. The molecule has 1 aromatic carbocycles. The second-order valence-electron chi connectivity index (χ2n) is 6.04. The van der Waals surface area contributed by atoms with E-state index in [4.69, 9.17) is 9.47 Å². The number of thiazole rings is 1. The van der Waals surface area contributed by atoms with Crippen molar-refractivity contribution in [3.63, 3.8) is 0 Å². The molecule has 0 unspecified atom stereocenters. The monoisotopic (exact) mass is 346 g/mol. The van der Waals surface area contributed by atoms with E-state index < -0.39 is 5.41 Å². The van der Waals surface area contributed by atoms with E-state index >= 15 is 0 Å². The highest BCUT2D eigenvalue weighted by atomic mass is 32.1. The third-order valence-electron chi connectivity index (χ3n) is 4.41. The molecule has 0 atom stereocenters. The molecule has 1 fully saturated rings. The molecule has 5 nitrogen and oxygen atoms in total. The lowest BCUT2D eigenvalue weighted by Gasteiger charge is -2.17. The lowest BCUT2D eigenvalue weighted by Crippen LogP contribution is -2.36. The van der Waals surface area contributed by atoms with Crippen molar-refractivity contribution in [2.45, 2.75) is 31.6 Å². The Hall–Kier alpha value is -2.08. The summed E-state index contributed by atoms with van der Waals surface area (Å²) in [4.78, 5) is 17.1. The number of carbonyl (C=O) groups excluding carboxylic acids is 1. The van der Waals surface area contributed by atoms with Gasteiger partial charge in [0, 0.05) is 24.0 Å². The first-order chi connectivity index (χ1) is 11.6. The van der Waals surface area contributed by atoms with Crippen LogP contribution in [0.3, 0.4) is 0 Å². The summed E-state index contributed by atoms with van der Waals surface area (Å²) in [6.45, 7) is 2.59. The van der Waals surface area contributed by atoms with Gasteiger partial charge in [-0.15, -0.1) is 11.3 Å². The minimum absolute atomic E-state index is 0.0861. The Kier molecular flexibility index (Phi) is 4.76. The molecule has 1 aromatic heterocycles. The van der Waals surface area contributed by atoms with Gasteiger partial charge >= 0.3 is 0 Å². The number of methoxy groups -OCH3 is 2. The van der Waals surface area contributed by atoms with Crippen molar-refractivity contribution in [1.29, 1.82) is 0 Å². The van der Waals surface area contributed by atoms with Crippen molar-refractivity contribution in [1.82, 2.24) is 10.3 Å². The molecule has 128 valence electrons. The Morgan fingerprint density at radius 3 is 2.62 bits per heavy atom. The summed E-state index contributed by atoms with van der Waals surface area (Å²) < 4.78 is 10.6. The number of ether oxygens (including phenoxy) is 2. The van der Waals surface area contributed by atoms with E-state index in [1.807, 2.05) is 30.5 Å². The maximum atomic E-state index is 12.7. The summed E-state index contributed by atoms with van der Waals surface area (Å²) >= 11 is 1.64. The average Bonchev–Trinajstić information content (AvgIpc) is 3.31. The fraction of sp³-hybridized carbons (Fsp3) is 0.444. The van der Waals surface area contributed by atoms with E-state index in [-0.39, 0.29) is 5.91 Å². The van der Waals surface area contributed by atoms with E-state index in [0.29, 0.717) is 18.0 Å². The summed E-state index contributed by atoms with van der Waals surface area (Å²) in [5.41, 5.74) is 1.60. The molecule has 24 heavy (non-hydrogen) atoms. The zero-order valence-electron chi connectivity index (χ0n) is 14.2. The van der Waals surface area contributed by atoms with Crippen molar-refractivity contribution in [3.8, 4) is 11.5 Å². The van der Waals surface area contributed by atoms with Crippen LogP contribution in [0.25, 0.3) is 0 Å². The van der Waals surface area contributed by atoms with Gasteiger partial charge in [0.15, 0.2) is 11.5 Å². The smallest absolute Gasteiger partial charge is 0.230 e. The zero-order chi connectivity index (χ0) is 17.2. The summed E-state index contributed by atoms with van der Waals surface area (Å²) in [5.74, 6) is 1.42. The molecule has 1 aliphatic carbocycles. The van der Waals surface area contributed by atoms with Crippen LogP contribution >= 0.6 is 11.3 Å². The number of aromatic nitrogens is 1. The lowest BCUT2D eigenvalue weighted by molar-refractivity contribution is -0.123. The molecule has 0 aliphatic heterocycles. The maximum Gasteiger partial charge on any atom is 0.230 e. The highest BCUT2D eigenvalue weighted by Crippen LogP contribution is 2.50. The van der Waals surface area contributed by atoms with E-state index in [0.717, 1.165) is 35.5 Å².